The molecule has 0 unspecified atom stereocenters. The van der Waals surface area contributed by atoms with E-state index in [0.29, 0.717) is 11.5 Å². The monoisotopic (exact) mass is 251 g/mol. The quantitative estimate of drug-likeness (QED) is 0.826. The van der Waals surface area contributed by atoms with Gasteiger partial charge in [-0.25, -0.2) is 4.79 Å². The highest BCUT2D eigenvalue weighted by molar-refractivity contribution is 5.70. The van der Waals surface area contributed by atoms with Crippen molar-refractivity contribution in [2.24, 2.45) is 0 Å². The van der Waals surface area contributed by atoms with Crippen molar-refractivity contribution in [3.05, 3.63) is 23.8 Å². The molecule has 1 heterocycles. The number of rotatable bonds is 3. The minimum atomic E-state index is -0.311. The average molecular weight is 251 g/mol. The molecule has 1 amide bonds. The molecule has 0 aromatic heterocycles. The summed E-state index contributed by atoms with van der Waals surface area (Å²) in [6, 6.07) is 5.48. The third-order valence-electron chi connectivity index (χ3n) is 3.27. The maximum Gasteiger partial charge on any atom is 0.410 e. The molecule has 0 bridgehead atoms. The highest BCUT2D eigenvalue weighted by Gasteiger charge is 2.37. The predicted molar refractivity (Wildman–Crippen MR) is 66.0 cm³/mol. The van der Waals surface area contributed by atoms with E-state index < -0.39 is 0 Å². The van der Waals surface area contributed by atoms with Crippen LogP contribution in [-0.4, -0.2) is 38.3 Å². The molecule has 0 N–H and O–H groups in total. The first-order valence-electron chi connectivity index (χ1n) is 5.73. The SMILES string of the molecule is COc1cc(OC)cc([C@H]2OC(=O)N(C)[C@H]2C)c1. The van der Waals surface area contributed by atoms with Crippen LogP contribution in [0.25, 0.3) is 0 Å². The van der Waals surface area contributed by atoms with Gasteiger partial charge in [-0.3, -0.25) is 0 Å². The predicted octanol–water partition coefficient (Wildman–Crippen LogP) is 2.22. The van der Waals surface area contributed by atoms with Crippen LogP contribution in [-0.2, 0) is 4.74 Å². The van der Waals surface area contributed by atoms with E-state index in [-0.39, 0.29) is 18.2 Å². The van der Waals surface area contributed by atoms with Gasteiger partial charge in [0.2, 0.25) is 0 Å². The molecule has 1 aromatic rings. The zero-order valence-corrected chi connectivity index (χ0v) is 11.0. The molecule has 1 saturated heterocycles. The van der Waals surface area contributed by atoms with Gasteiger partial charge in [-0.1, -0.05) is 0 Å². The summed E-state index contributed by atoms with van der Waals surface area (Å²) in [5, 5.41) is 0. The molecule has 1 aliphatic rings. The standard InChI is InChI=1S/C13H17NO4/c1-8-12(18-13(15)14(8)2)9-5-10(16-3)7-11(6-9)17-4/h5-8,12H,1-4H3/t8-,12-/m0/s1. The fourth-order valence-electron chi connectivity index (χ4n) is 2.00. The summed E-state index contributed by atoms with van der Waals surface area (Å²) in [6.07, 6.45) is -0.610. The van der Waals surface area contributed by atoms with E-state index in [1.165, 1.54) is 0 Å². The van der Waals surface area contributed by atoms with Crippen LogP contribution in [0.5, 0.6) is 11.5 Å². The lowest BCUT2D eigenvalue weighted by Gasteiger charge is -2.18. The second-order valence-electron chi connectivity index (χ2n) is 4.30. The third kappa shape index (κ3) is 2.08. The number of hydrogen-bond donors (Lipinski definition) is 0. The highest BCUT2D eigenvalue weighted by atomic mass is 16.6. The first kappa shape index (κ1) is 12.5. The Morgan fingerprint density at radius 3 is 2.11 bits per heavy atom. The van der Waals surface area contributed by atoms with Crippen LogP contribution in [0.1, 0.15) is 18.6 Å². The number of carbonyl (C=O) groups excluding carboxylic acids is 1. The Morgan fingerprint density at radius 2 is 1.72 bits per heavy atom. The molecule has 5 nitrogen and oxygen atoms in total. The Labute approximate surface area is 106 Å². The molecule has 5 heteroatoms. The molecule has 0 spiro atoms. The maximum atomic E-state index is 11.5. The van der Waals surface area contributed by atoms with Crippen molar-refractivity contribution in [1.29, 1.82) is 0 Å². The number of likely N-dealkylation sites (N-methyl/N-ethyl adjacent to an activating group) is 1. The Hall–Kier alpha value is -1.91. The van der Waals surface area contributed by atoms with Crippen molar-refractivity contribution in [3.63, 3.8) is 0 Å². The normalized spacial score (nSPS) is 22.9. The van der Waals surface area contributed by atoms with Gasteiger partial charge in [0.1, 0.15) is 17.6 Å². The van der Waals surface area contributed by atoms with Crippen molar-refractivity contribution in [2.75, 3.05) is 21.3 Å². The van der Waals surface area contributed by atoms with Gasteiger partial charge in [0.15, 0.2) is 0 Å². The van der Waals surface area contributed by atoms with Gasteiger partial charge in [0, 0.05) is 18.7 Å². The van der Waals surface area contributed by atoms with Crippen molar-refractivity contribution in [2.45, 2.75) is 19.1 Å². The van der Waals surface area contributed by atoms with E-state index in [2.05, 4.69) is 0 Å². The van der Waals surface area contributed by atoms with Gasteiger partial charge in [-0.2, -0.15) is 0 Å². The summed E-state index contributed by atoms with van der Waals surface area (Å²) in [6.45, 7) is 1.95. The molecular weight excluding hydrogens is 234 g/mol. The topological polar surface area (TPSA) is 48.0 Å². The minimum Gasteiger partial charge on any atom is -0.497 e. The van der Waals surface area contributed by atoms with Crippen LogP contribution in [0.4, 0.5) is 4.79 Å². The number of ether oxygens (including phenoxy) is 3. The van der Waals surface area contributed by atoms with Crippen LogP contribution in [0.2, 0.25) is 0 Å². The van der Waals surface area contributed by atoms with Gasteiger partial charge in [-0.05, 0) is 19.1 Å². The van der Waals surface area contributed by atoms with Crippen LogP contribution >= 0.6 is 0 Å². The first-order valence-corrected chi connectivity index (χ1v) is 5.73. The lowest BCUT2D eigenvalue weighted by Crippen LogP contribution is -2.27. The minimum absolute atomic E-state index is 0.0192. The van der Waals surface area contributed by atoms with Gasteiger partial charge in [-0.15, -0.1) is 0 Å². The molecule has 0 aliphatic carbocycles. The lowest BCUT2D eigenvalue weighted by atomic mass is 10.0. The molecule has 1 fully saturated rings. The number of benzene rings is 1. The zero-order chi connectivity index (χ0) is 13.3. The molecular formula is C13H17NO4. The number of cyclic esters (lactones) is 1. The smallest absolute Gasteiger partial charge is 0.410 e. The Kier molecular flexibility index (Phi) is 3.32. The van der Waals surface area contributed by atoms with Crippen LogP contribution in [0, 0.1) is 0 Å². The van der Waals surface area contributed by atoms with Gasteiger partial charge in [0.25, 0.3) is 0 Å². The largest absolute Gasteiger partial charge is 0.497 e. The summed E-state index contributed by atoms with van der Waals surface area (Å²) in [7, 11) is 4.91. The third-order valence-corrected chi connectivity index (χ3v) is 3.27. The average Bonchev–Trinajstić information content (AvgIpc) is 2.65. The highest BCUT2D eigenvalue weighted by Crippen LogP contribution is 2.35. The molecule has 0 saturated carbocycles. The molecule has 1 aromatic carbocycles. The second kappa shape index (κ2) is 4.76. The van der Waals surface area contributed by atoms with Crippen molar-refractivity contribution in [3.8, 4) is 11.5 Å². The van der Waals surface area contributed by atoms with Gasteiger partial charge < -0.3 is 19.1 Å². The Bertz CT molecular complexity index is 438. The van der Waals surface area contributed by atoms with E-state index in [1.54, 1.807) is 32.2 Å². The number of nitrogens with zero attached hydrogens (tertiary/aromatic N) is 1. The summed E-state index contributed by atoms with van der Waals surface area (Å²) in [5.41, 5.74) is 0.872. The number of hydrogen-bond acceptors (Lipinski definition) is 4. The van der Waals surface area contributed by atoms with E-state index in [9.17, 15) is 4.79 Å². The lowest BCUT2D eigenvalue weighted by molar-refractivity contribution is 0.131. The fourth-order valence-corrected chi connectivity index (χ4v) is 2.00. The van der Waals surface area contributed by atoms with Crippen molar-refractivity contribution >= 4 is 6.09 Å². The molecule has 1 aliphatic heterocycles. The molecule has 98 valence electrons. The van der Waals surface area contributed by atoms with Crippen LogP contribution in [0.3, 0.4) is 0 Å². The Morgan fingerprint density at radius 1 is 1.17 bits per heavy atom. The zero-order valence-electron chi connectivity index (χ0n) is 11.0. The van der Waals surface area contributed by atoms with E-state index in [1.807, 2.05) is 19.1 Å². The van der Waals surface area contributed by atoms with Gasteiger partial charge >= 0.3 is 6.09 Å². The fraction of sp³-hybridized carbons (Fsp3) is 0.462. The summed E-state index contributed by atoms with van der Waals surface area (Å²) < 4.78 is 15.8. The van der Waals surface area contributed by atoms with Gasteiger partial charge in [0.05, 0.1) is 20.3 Å². The van der Waals surface area contributed by atoms with E-state index >= 15 is 0 Å². The molecule has 2 atom stereocenters. The van der Waals surface area contributed by atoms with Crippen LogP contribution in [0.15, 0.2) is 18.2 Å². The molecule has 2 rings (SSSR count). The van der Waals surface area contributed by atoms with Crippen molar-refractivity contribution < 1.29 is 19.0 Å². The van der Waals surface area contributed by atoms with Crippen LogP contribution < -0.4 is 9.47 Å². The Balaban J connectivity index is 2.36. The summed E-state index contributed by atoms with van der Waals surface area (Å²) in [4.78, 5) is 13.1. The van der Waals surface area contributed by atoms with Crippen molar-refractivity contribution in [1.82, 2.24) is 4.90 Å². The van der Waals surface area contributed by atoms with E-state index in [0.717, 1.165) is 5.56 Å². The number of amides is 1. The summed E-state index contributed by atoms with van der Waals surface area (Å²) >= 11 is 0. The maximum absolute atomic E-state index is 11.5. The molecule has 0 radical (unpaired) electrons. The van der Waals surface area contributed by atoms with E-state index in [4.69, 9.17) is 14.2 Å². The number of carbonyl (C=O) groups is 1. The number of methoxy groups -OCH3 is 2. The first-order chi connectivity index (χ1) is 8.56. The molecule has 18 heavy (non-hydrogen) atoms. The summed E-state index contributed by atoms with van der Waals surface area (Å²) in [5.74, 6) is 1.37. The second-order valence-corrected chi connectivity index (χ2v) is 4.30.